The van der Waals surface area contributed by atoms with E-state index in [1.54, 1.807) is 23.9 Å². The average molecular weight is 533 g/mol. The first kappa shape index (κ1) is 26.1. The first-order valence-corrected chi connectivity index (χ1v) is 14.4. The van der Waals surface area contributed by atoms with E-state index in [0.717, 1.165) is 36.8 Å². The van der Waals surface area contributed by atoms with Crippen LogP contribution in [-0.4, -0.2) is 93.9 Å². The maximum Gasteiger partial charge on any atom is 0.247 e. The fourth-order valence-electron chi connectivity index (χ4n) is 5.76. The molecule has 1 spiro atoms. The van der Waals surface area contributed by atoms with Gasteiger partial charge in [0.15, 0.2) is 5.82 Å². The Morgan fingerprint density at radius 3 is 2.68 bits per heavy atom. The largest absolute Gasteiger partial charge is 0.492 e. The fourth-order valence-corrected chi connectivity index (χ4v) is 7.51. The van der Waals surface area contributed by atoms with Crippen LogP contribution in [0.1, 0.15) is 39.5 Å². The molecule has 5 rings (SSSR count). The second-order valence-corrected chi connectivity index (χ2v) is 12.8. The summed E-state index contributed by atoms with van der Waals surface area (Å²) in [6, 6.07) is 3.85. The van der Waals surface area contributed by atoms with Crippen molar-refractivity contribution in [3.05, 3.63) is 24.5 Å². The number of ether oxygens (including phenoxy) is 1. The van der Waals surface area contributed by atoms with Gasteiger partial charge in [0.25, 0.3) is 0 Å². The van der Waals surface area contributed by atoms with Crippen LogP contribution < -0.4 is 10.1 Å². The number of fused-ring (bicyclic) bond motifs is 2. The molecule has 37 heavy (non-hydrogen) atoms. The summed E-state index contributed by atoms with van der Waals surface area (Å²) in [7, 11) is -2.36. The van der Waals surface area contributed by atoms with E-state index >= 15 is 0 Å². The van der Waals surface area contributed by atoms with Gasteiger partial charge in [-0.3, -0.25) is 4.79 Å². The third kappa shape index (κ3) is 5.12. The molecule has 3 aliphatic rings. The van der Waals surface area contributed by atoms with Gasteiger partial charge in [0.05, 0.1) is 12.7 Å². The molecule has 2 saturated heterocycles. The normalized spacial score (nSPS) is 26.2. The van der Waals surface area contributed by atoms with Crippen molar-refractivity contribution in [3.63, 3.8) is 0 Å². The van der Waals surface area contributed by atoms with E-state index in [0.29, 0.717) is 23.7 Å². The number of likely N-dealkylation sites (tertiary alicyclic amines) is 1. The van der Waals surface area contributed by atoms with Gasteiger partial charge >= 0.3 is 0 Å². The molecule has 0 bridgehead atoms. The first-order chi connectivity index (χ1) is 17.6. The molecule has 3 aliphatic heterocycles. The average Bonchev–Trinajstić information content (AvgIpc) is 3.45. The van der Waals surface area contributed by atoms with E-state index in [1.807, 2.05) is 0 Å². The number of nitrogens with one attached hydrogen (secondary N) is 1. The lowest BCUT2D eigenvalue weighted by Gasteiger charge is -2.43. The molecule has 202 valence electrons. The Morgan fingerprint density at radius 2 is 2.00 bits per heavy atom. The Labute approximate surface area is 217 Å². The van der Waals surface area contributed by atoms with Gasteiger partial charge in [-0.2, -0.15) is 9.40 Å². The summed E-state index contributed by atoms with van der Waals surface area (Å²) in [4.78, 5) is 20.2. The number of hydrogen-bond acceptors (Lipinski definition) is 8. The van der Waals surface area contributed by atoms with Crippen molar-refractivity contribution in [2.45, 2.75) is 62.1 Å². The van der Waals surface area contributed by atoms with E-state index in [2.05, 4.69) is 34.1 Å². The Kier molecular flexibility index (Phi) is 7.03. The number of benzene rings is 1. The van der Waals surface area contributed by atoms with Crippen molar-refractivity contribution in [2.24, 2.45) is 13.0 Å². The topological polar surface area (TPSA) is 130 Å². The zero-order valence-corrected chi connectivity index (χ0v) is 22.4. The van der Waals surface area contributed by atoms with Gasteiger partial charge in [-0.25, -0.2) is 18.1 Å². The molecule has 12 heteroatoms. The summed E-state index contributed by atoms with van der Waals surface area (Å²) in [5.41, 5.74) is 0.173. The highest BCUT2D eigenvalue weighted by Gasteiger charge is 2.47. The molecule has 11 nitrogen and oxygen atoms in total. The minimum absolute atomic E-state index is 0.0204. The van der Waals surface area contributed by atoms with E-state index in [1.165, 1.54) is 12.4 Å². The number of sulfonamides is 1. The third-order valence-electron chi connectivity index (χ3n) is 7.70. The lowest BCUT2D eigenvalue weighted by molar-refractivity contribution is -0.127. The summed E-state index contributed by atoms with van der Waals surface area (Å²) in [5.74, 6) is 0.996. The first-order valence-electron chi connectivity index (χ1n) is 12.9. The molecule has 1 aromatic carbocycles. The van der Waals surface area contributed by atoms with Gasteiger partial charge in [-0.05, 0) is 37.0 Å². The third-order valence-corrected chi connectivity index (χ3v) is 9.61. The number of carbonyl (C=O) groups excluding carboxylic acids is 1. The van der Waals surface area contributed by atoms with E-state index < -0.39 is 27.7 Å². The minimum atomic E-state index is -4.12. The van der Waals surface area contributed by atoms with Gasteiger partial charge < -0.3 is 20.1 Å². The Morgan fingerprint density at radius 1 is 1.24 bits per heavy atom. The maximum absolute atomic E-state index is 13.8. The minimum Gasteiger partial charge on any atom is -0.492 e. The summed E-state index contributed by atoms with van der Waals surface area (Å²) in [6.07, 6.45) is 2.64. The predicted octanol–water partition coefficient (Wildman–Crippen LogP) is 0.995. The number of rotatable bonds is 3. The zero-order valence-electron chi connectivity index (χ0n) is 21.6. The van der Waals surface area contributed by atoms with Crippen LogP contribution in [0.4, 0.5) is 0 Å². The van der Waals surface area contributed by atoms with Crippen LogP contribution in [0.3, 0.4) is 0 Å². The molecular formula is C25H36N6O5S. The molecule has 1 aromatic heterocycles. The molecule has 2 aromatic rings. The van der Waals surface area contributed by atoms with Gasteiger partial charge in [-0.1, -0.05) is 13.8 Å². The molecule has 0 radical (unpaired) electrons. The fraction of sp³-hybridized carbons (Fsp3) is 0.640. The zero-order chi connectivity index (χ0) is 26.4. The summed E-state index contributed by atoms with van der Waals surface area (Å²) < 4.78 is 36.5. The smallest absolute Gasteiger partial charge is 0.247 e. The number of amides is 1. The van der Waals surface area contributed by atoms with Gasteiger partial charge in [0.1, 0.15) is 23.0 Å². The quantitative estimate of drug-likeness (QED) is 0.599. The van der Waals surface area contributed by atoms with Crippen molar-refractivity contribution in [1.82, 2.24) is 29.3 Å². The summed E-state index contributed by atoms with van der Waals surface area (Å²) in [5, 5.41) is 17.7. The molecule has 4 heterocycles. The van der Waals surface area contributed by atoms with Crippen molar-refractivity contribution >= 4 is 15.9 Å². The number of nitrogens with zero attached hydrogens (tertiary/aromatic N) is 5. The van der Waals surface area contributed by atoms with E-state index in [9.17, 15) is 18.3 Å². The van der Waals surface area contributed by atoms with Crippen molar-refractivity contribution in [2.75, 3.05) is 32.8 Å². The molecular weight excluding hydrogens is 496 g/mol. The SMILES string of the molecule is CC(C)CN1CCC2(CCOc3cc(-c4ncnn4C)ccc3S(=O)(=O)N3C[C@H](O)C[C@H]3C(=O)N2)CC1. The molecule has 0 unspecified atom stereocenters. The van der Waals surface area contributed by atoms with Gasteiger partial charge in [0.2, 0.25) is 15.9 Å². The molecule has 0 saturated carbocycles. The van der Waals surface area contributed by atoms with Crippen LogP contribution in [0, 0.1) is 5.92 Å². The number of piperidine rings is 1. The summed E-state index contributed by atoms with van der Waals surface area (Å²) in [6.45, 7) is 7.20. The van der Waals surface area contributed by atoms with Crippen LogP contribution in [0.25, 0.3) is 11.4 Å². The van der Waals surface area contributed by atoms with Crippen LogP contribution in [0.2, 0.25) is 0 Å². The van der Waals surface area contributed by atoms with E-state index in [4.69, 9.17) is 4.74 Å². The highest BCUT2D eigenvalue weighted by molar-refractivity contribution is 7.89. The number of aryl methyl sites for hydroxylation is 1. The predicted molar refractivity (Wildman–Crippen MR) is 136 cm³/mol. The number of aromatic nitrogens is 3. The van der Waals surface area contributed by atoms with Crippen LogP contribution in [-0.2, 0) is 21.9 Å². The molecule has 2 atom stereocenters. The van der Waals surface area contributed by atoms with Crippen LogP contribution in [0.15, 0.2) is 29.4 Å². The maximum atomic E-state index is 13.8. The summed E-state index contributed by atoms with van der Waals surface area (Å²) >= 11 is 0. The number of aliphatic hydroxyl groups is 1. The van der Waals surface area contributed by atoms with Crippen molar-refractivity contribution in [1.29, 1.82) is 0 Å². The second-order valence-electron chi connectivity index (χ2n) is 10.9. The Bertz CT molecular complexity index is 1250. The van der Waals surface area contributed by atoms with Gasteiger partial charge in [0, 0.05) is 57.2 Å². The standard InChI is InChI=1S/C25H36N6O5S/c1-17(2)14-30-9-6-25(7-10-30)8-11-36-21-12-18(23-26-16-27-29(23)3)4-5-22(21)37(34,35)31-15-19(32)13-20(31)24(33)28-25/h4-5,12,16-17,19-20,32H,6-11,13-15H2,1-3H3,(H,28,33)/t19-,20+/m1/s1. The van der Waals surface area contributed by atoms with Crippen molar-refractivity contribution in [3.8, 4) is 17.1 Å². The monoisotopic (exact) mass is 532 g/mol. The van der Waals surface area contributed by atoms with Gasteiger partial charge in [-0.15, -0.1) is 0 Å². The lowest BCUT2D eigenvalue weighted by Crippen LogP contribution is -2.59. The highest BCUT2D eigenvalue weighted by atomic mass is 32.2. The molecule has 2 fully saturated rings. The number of carbonyl (C=O) groups is 1. The Balaban J connectivity index is 1.52. The number of aliphatic hydroxyl groups excluding tert-OH is 1. The van der Waals surface area contributed by atoms with E-state index in [-0.39, 0.29) is 36.1 Å². The Hall–Kier alpha value is -2.54. The van der Waals surface area contributed by atoms with Crippen molar-refractivity contribution < 1.29 is 23.1 Å². The van der Waals surface area contributed by atoms with Crippen LogP contribution in [0.5, 0.6) is 5.75 Å². The molecule has 1 amide bonds. The number of hydrogen-bond donors (Lipinski definition) is 2. The lowest BCUT2D eigenvalue weighted by atomic mass is 9.83. The highest BCUT2D eigenvalue weighted by Crippen LogP contribution is 2.37. The second kappa shape index (κ2) is 9.97. The van der Waals surface area contributed by atoms with Crippen LogP contribution >= 0.6 is 0 Å². The molecule has 0 aliphatic carbocycles. The molecule has 2 N–H and O–H groups in total.